The monoisotopic (exact) mass is 335 g/mol. The Balaban J connectivity index is 2.27. The molecule has 0 aliphatic carbocycles. The Labute approximate surface area is 145 Å². The number of hydrogen-bond donors (Lipinski definition) is 0. The van der Waals surface area contributed by atoms with E-state index < -0.39 is 0 Å². The predicted molar refractivity (Wildman–Crippen MR) is 104 cm³/mol. The molecule has 0 radical (unpaired) electrons. The van der Waals surface area contributed by atoms with Crippen molar-refractivity contribution >= 4 is 19.2 Å². The van der Waals surface area contributed by atoms with Gasteiger partial charge >= 0.3 is 0 Å². The minimum atomic E-state index is -0.129. The van der Waals surface area contributed by atoms with Gasteiger partial charge < -0.3 is 0 Å². The van der Waals surface area contributed by atoms with E-state index in [1.54, 1.807) is 0 Å². The van der Waals surface area contributed by atoms with Gasteiger partial charge in [0, 0.05) is 11.8 Å². The molecule has 1 unspecified atom stereocenters. The summed E-state index contributed by atoms with van der Waals surface area (Å²) in [6.07, 6.45) is 2.08. The molecule has 0 aliphatic heterocycles. The fourth-order valence-electron chi connectivity index (χ4n) is 3.34. The molecule has 0 heterocycles. The molecule has 1 atom stereocenters. The summed E-state index contributed by atoms with van der Waals surface area (Å²) in [5.74, 6) is 0. The van der Waals surface area contributed by atoms with Crippen molar-refractivity contribution < 1.29 is 0 Å². The second-order valence-electron chi connectivity index (χ2n) is 5.65. The van der Waals surface area contributed by atoms with Gasteiger partial charge in [0.05, 0.1) is 0 Å². The molecule has 114 valence electrons. The van der Waals surface area contributed by atoms with E-state index in [0.29, 0.717) is 7.36 Å². The van der Waals surface area contributed by atoms with Crippen LogP contribution in [0.3, 0.4) is 0 Å². The van der Waals surface area contributed by atoms with Gasteiger partial charge in [-0.3, -0.25) is 0 Å². The molecule has 0 N–H and O–H groups in total. The van der Waals surface area contributed by atoms with Crippen LogP contribution < -0.4 is 0 Å². The van der Waals surface area contributed by atoms with E-state index in [0.717, 1.165) is 12.6 Å². The third-order valence-corrected chi connectivity index (χ3v) is 5.47. The van der Waals surface area contributed by atoms with Gasteiger partial charge in [0.1, 0.15) is 6.16 Å². The number of hydrogen-bond acceptors (Lipinski definition) is 1. The van der Waals surface area contributed by atoms with Crippen LogP contribution in [0, 0.1) is 0 Å². The first-order valence-electron chi connectivity index (χ1n) is 7.89. The standard InChI is InChI=1S/C21H19PS/c23-22-17-16-21(18-10-4-1-5-11-18,19-12-6-2-7-13-19)20-14-8-3-9-15-20/h1-15H,16-17H2/p+1. The Morgan fingerprint density at radius 1 is 0.609 bits per heavy atom. The maximum Gasteiger partial charge on any atom is 0.160 e. The second-order valence-corrected chi connectivity index (χ2v) is 7.30. The van der Waals surface area contributed by atoms with Gasteiger partial charge in [-0.1, -0.05) is 91.0 Å². The molecule has 0 spiro atoms. The fourth-order valence-corrected chi connectivity index (χ4v) is 4.12. The lowest BCUT2D eigenvalue weighted by atomic mass is 9.68. The van der Waals surface area contributed by atoms with Crippen molar-refractivity contribution in [2.75, 3.05) is 6.16 Å². The Kier molecular flexibility index (Phi) is 5.33. The molecule has 3 rings (SSSR count). The van der Waals surface area contributed by atoms with Crippen molar-refractivity contribution in [3.05, 3.63) is 108 Å². The van der Waals surface area contributed by atoms with Crippen LogP contribution in [0.2, 0.25) is 0 Å². The quantitative estimate of drug-likeness (QED) is 0.420. The van der Waals surface area contributed by atoms with Gasteiger partial charge in [-0.2, -0.15) is 0 Å². The van der Waals surface area contributed by atoms with Crippen molar-refractivity contribution in [1.29, 1.82) is 0 Å². The predicted octanol–water partition coefficient (Wildman–Crippen LogP) is 5.55. The van der Waals surface area contributed by atoms with Crippen LogP contribution in [0.25, 0.3) is 0 Å². The number of rotatable bonds is 6. The highest BCUT2D eigenvalue weighted by molar-refractivity contribution is 7.96. The first kappa shape index (κ1) is 16.1. The lowest BCUT2D eigenvalue weighted by Crippen LogP contribution is -2.30. The van der Waals surface area contributed by atoms with E-state index in [9.17, 15) is 0 Å². The van der Waals surface area contributed by atoms with Crippen LogP contribution >= 0.6 is 7.36 Å². The summed E-state index contributed by atoms with van der Waals surface area (Å²) >= 11 is 5.30. The molecule has 0 aliphatic rings. The van der Waals surface area contributed by atoms with Crippen molar-refractivity contribution in [2.45, 2.75) is 11.8 Å². The first-order valence-corrected chi connectivity index (χ1v) is 10.2. The summed E-state index contributed by atoms with van der Waals surface area (Å²) in [6.45, 7) is 0. The Morgan fingerprint density at radius 3 is 1.26 bits per heavy atom. The maximum absolute atomic E-state index is 5.30. The molecule has 0 aromatic heterocycles. The molecule has 3 aromatic rings. The Hall–Kier alpha value is -1.82. The zero-order chi connectivity index (χ0) is 16.0. The molecule has 2 heteroatoms. The van der Waals surface area contributed by atoms with E-state index in [-0.39, 0.29) is 5.41 Å². The number of benzene rings is 3. The maximum atomic E-state index is 5.30. The van der Waals surface area contributed by atoms with E-state index in [1.165, 1.54) is 16.7 Å². The summed E-state index contributed by atoms with van der Waals surface area (Å²) in [5.41, 5.74) is 3.89. The highest BCUT2D eigenvalue weighted by Gasteiger charge is 2.36. The Bertz CT molecular complexity index is 642. The summed E-state index contributed by atoms with van der Waals surface area (Å²) in [4.78, 5) is 0. The zero-order valence-corrected chi connectivity index (χ0v) is 14.8. The molecule has 0 nitrogen and oxygen atoms in total. The second kappa shape index (κ2) is 7.64. The molecule has 23 heavy (non-hydrogen) atoms. The Morgan fingerprint density at radius 2 is 0.957 bits per heavy atom. The lowest BCUT2D eigenvalue weighted by Gasteiger charge is -2.35. The van der Waals surface area contributed by atoms with E-state index in [2.05, 4.69) is 91.0 Å². The molecular formula is C21H20PS+. The normalized spacial score (nSPS) is 11.5. The van der Waals surface area contributed by atoms with Gasteiger partial charge in [0.15, 0.2) is 19.2 Å². The van der Waals surface area contributed by atoms with Crippen LogP contribution in [0.15, 0.2) is 91.0 Å². The first-order chi connectivity index (χ1) is 11.4. The minimum Gasteiger partial charge on any atom is -0.0622 e. The van der Waals surface area contributed by atoms with Crippen molar-refractivity contribution in [2.24, 2.45) is 0 Å². The van der Waals surface area contributed by atoms with Gasteiger partial charge in [-0.15, -0.1) is 0 Å². The van der Waals surface area contributed by atoms with Crippen LogP contribution in [-0.4, -0.2) is 6.16 Å². The van der Waals surface area contributed by atoms with Gasteiger partial charge in [0.2, 0.25) is 0 Å². The molecule has 0 bridgehead atoms. The van der Waals surface area contributed by atoms with Crippen molar-refractivity contribution in [1.82, 2.24) is 0 Å². The molecule has 0 amide bonds. The van der Waals surface area contributed by atoms with Crippen LogP contribution in [0.1, 0.15) is 23.1 Å². The summed E-state index contributed by atoms with van der Waals surface area (Å²) in [7, 11) is 0.549. The van der Waals surface area contributed by atoms with Gasteiger partial charge in [-0.25, -0.2) is 0 Å². The summed E-state index contributed by atoms with van der Waals surface area (Å²) in [5, 5.41) is 0. The lowest BCUT2D eigenvalue weighted by molar-refractivity contribution is 0.599. The van der Waals surface area contributed by atoms with Crippen molar-refractivity contribution in [3.63, 3.8) is 0 Å². The molecular weight excluding hydrogens is 315 g/mol. The van der Waals surface area contributed by atoms with Crippen LogP contribution in [-0.2, 0) is 17.2 Å². The van der Waals surface area contributed by atoms with E-state index >= 15 is 0 Å². The van der Waals surface area contributed by atoms with E-state index in [4.69, 9.17) is 11.8 Å². The third-order valence-electron chi connectivity index (χ3n) is 4.40. The van der Waals surface area contributed by atoms with Gasteiger partial charge in [-0.05, 0) is 16.7 Å². The van der Waals surface area contributed by atoms with Gasteiger partial charge in [0.25, 0.3) is 0 Å². The van der Waals surface area contributed by atoms with Crippen molar-refractivity contribution in [3.8, 4) is 0 Å². The summed E-state index contributed by atoms with van der Waals surface area (Å²) < 4.78 is 0. The molecule has 0 saturated carbocycles. The molecule has 0 fully saturated rings. The SMILES string of the molecule is S=[PH+]CCC(c1ccccc1)(c1ccccc1)c1ccccc1. The van der Waals surface area contributed by atoms with E-state index in [1.807, 2.05) is 0 Å². The fraction of sp³-hybridized carbons (Fsp3) is 0.143. The highest BCUT2D eigenvalue weighted by Crippen LogP contribution is 2.42. The van der Waals surface area contributed by atoms with Crippen LogP contribution in [0.5, 0.6) is 0 Å². The smallest absolute Gasteiger partial charge is 0.0622 e. The average molecular weight is 335 g/mol. The highest BCUT2D eigenvalue weighted by atomic mass is 32.4. The molecule has 3 aromatic carbocycles. The largest absolute Gasteiger partial charge is 0.160 e. The zero-order valence-electron chi connectivity index (χ0n) is 13.0. The van der Waals surface area contributed by atoms with Crippen LogP contribution in [0.4, 0.5) is 0 Å². The third kappa shape index (κ3) is 3.27. The topological polar surface area (TPSA) is 0 Å². The summed E-state index contributed by atoms with van der Waals surface area (Å²) in [6, 6.07) is 32.5. The molecule has 0 saturated heterocycles. The average Bonchev–Trinajstić information content (AvgIpc) is 2.65. The minimum absolute atomic E-state index is 0.129.